The fourth-order valence-electron chi connectivity index (χ4n) is 2.84. The number of rotatable bonds is 14. The van der Waals surface area contributed by atoms with E-state index in [-0.39, 0.29) is 0 Å². The minimum Gasteiger partial charge on any atom is -0.356 e. The zero-order chi connectivity index (χ0) is 29.3. The number of nitrogens with zero attached hydrogens (tertiary/aromatic N) is 2. The molecule has 0 amide bonds. The van der Waals surface area contributed by atoms with Gasteiger partial charge in [0.15, 0.2) is 0 Å². The molecule has 0 aromatic carbocycles. The van der Waals surface area contributed by atoms with Gasteiger partial charge in [0.1, 0.15) is 0 Å². The van der Waals surface area contributed by atoms with Gasteiger partial charge in [-0.05, 0) is 25.7 Å². The number of unbranched alkanes of at least 4 members (excludes halogenated alkanes) is 4. The Hall–Kier alpha value is -1.40. The lowest BCUT2D eigenvalue weighted by molar-refractivity contribution is -0.929. The Morgan fingerprint density at radius 1 is 0.639 bits per heavy atom. The van der Waals surface area contributed by atoms with Crippen LogP contribution < -0.4 is 0 Å². The van der Waals surface area contributed by atoms with Crippen molar-refractivity contribution >= 4 is 20.2 Å². The second-order valence-electron chi connectivity index (χ2n) is 7.74. The van der Waals surface area contributed by atoms with Crippen molar-refractivity contribution in [2.45, 2.75) is 90.1 Å². The van der Waals surface area contributed by atoms with Crippen LogP contribution >= 0.6 is 0 Å². The molecule has 0 atom stereocenters. The first-order valence-corrected chi connectivity index (χ1v) is 14.0. The summed E-state index contributed by atoms with van der Waals surface area (Å²) >= 11 is 0. The molecule has 0 unspecified atom stereocenters. The summed E-state index contributed by atoms with van der Waals surface area (Å²) in [5, 5.41) is 14.8. The second kappa shape index (κ2) is 18.0. The Morgan fingerprint density at radius 3 is 0.972 bits per heavy atom. The van der Waals surface area contributed by atoms with Crippen LogP contribution in [0.5, 0.6) is 0 Å². The normalized spacial score (nSPS) is 12.7. The molecule has 0 rings (SSSR count). The molecule has 0 aliphatic rings. The van der Waals surface area contributed by atoms with Crippen LogP contribution in [0.4, 0.5) is 26.3 Å². The van der Waals surface area contributed by atoms with Gasteiger partial charge < -0.3 is 19.8 Å². The first kappa shape index (κ1) is 39.1. The number of halogens is 6. The molecule has 0 saturated carbocycles. The quantitative estimate of drug-likeness (QED) is 0.0857. The molecule has 0 spiro atoms. The largest absolute Gasteiger partial charge is 0.524 e. The van der Waals surface area contributed by atoms with Crippen LogP contribution in [0.15, 0.2) is 0 Å². The molecule has 0 aromatic heterocycles. The van der Waals surface area contributed by atoms with Crippen molar-refractivity contribution in [2.75, 3.05) is 26.2 Å². The van der Waals surface area contributed by atoms with Crippen molar-refractivity contribution in [1.82, 2.24) is 0 Å². The molecule has 10 nitrogen and oxygen atoms in total. The van der Waals surface area contributed by atoms with Gasteiger partial charge in [-0.25, -0.2) is 0 Å². The number of alkyl halides is 6. The lowest BCUT2D eigenvalue weighted by atomic mass is 10.1. The lowest BCUT2D eigenvalue weighted by Gasteiger charge is -2.39. The Bertz CT molecular complexity index is 720. The molecule has 220 valence electrons. The molecule has 18 heteroatoms. The maximum atomic E-state index is 11.4. The molecular weight excluding hydrogens is 550 g/mol. The molecule has 0 fully saturated rings. The van der Waals surface area contributed by atoms with Gasteiger partial charge in [-0.3, -0.25) is 0 Å². The molecule has 0 aromatic rings. The predicted octanol–water partition coefficient (Wildman–Crippen LogP) is 5.47. The molecule has 0 bridgehead atoms. The highest BCUT2D eigenvalue weighted by molar-refractivity contribution is 8.00. The highest BCUT2D eigenvalue weighted by atomic mass is 32.3. The Labute approximate surface area is 208 Å². The van der Waals surface area contributed by atoms with Crippen molar-refractivity contribution in [3.8, 4) is 0 Å². The van der Waals surface area contributed by atoms with Crippen LogP contribution in [0.25, 0.3) is 0 Å². The smallest absolute Gasteiger partial charge is 0.356 e. The number of hydrogen-bond acceptors (Lipinski definition) is 8. The maximum absolute atomic E-state index is 11.4. The van der Waals surface area contributed by atoms with Crippen molar-refractivity contribution in [1.29, 1.82) is 0 Å². The molecule has 0 radical (unpaired) electrons. The van der Waals surface area contributed by atoms with Crippen molar-refractivity contribution in [2.24, 2.45) is 0 Å². The van der Waals surface area contributed by atoms with Gasteiger partial charge in [-0.15, -0.1) is 3.63 Å². The van der Waals surface area contributed by atoms with Gasteiger partial charge in [-0.1, -0.05) is 53.4 Å². The summed E-state index contributed by atoms with van der Waals surface area (Å²) in [5.74, 6) is 0. The molecule has 36 heavy (non-hydrogen) atoms. The zero-order valence-corrected chi connectivity index (χ0v) is 22.4. The van der Waals surface area contributed by atoms with Crippen LogP contribution in [-0.4, -0.2) is 63.6 Å². The van der Waals surface area contributed by atoms with Crippen LogP contribution in [0.3, 0.4) is 0 Å². The second-order valence-corrected chi connectivity index (χ2v) is 11.0. The third-order valence-corrected chi connectivity index (χ3v) is 7.26. The molecule has 0 saturated heterocycles. The first-order chi connectivity index (χ1) is 16.2. The Morgan fingerprint density at radius 2 is 0.833 bits per heavy atom. The zero-order valence-electron chi connectivity index (χ0n) is 20.7. The minimum absolute atomic E-state index is 1.35. The SMILES string of the molecule is CCCC[N+](CCCC)(CCCC)CCCC.O=S(=O)(OS(=O)(=O)C(F)(F)F)C(F)(F)F.O=[N+]([O-])[O-]. The summed E-state index contributed by atoms with van der Waals surface area (Å²) in [6.45, 7) is 15.0. The molecule has 0 aliphatic carbocycles. The van der Waals surface area contributed by atoms with Crippen molar-refractivity contribution < 1.29 is 56.4 Å². The van der Waals surface area contributed by atoms with E-state index in [1.165, 1.54) is 82.0 Å². The van der Waals surface area contributed by atoms with Crippen LogP contribution in [0, 0.1) is 15.3 Å². The summed E-state index contributed by atoms with van der Waals surface area (Å²) in [4.78, 5) is 8.25. The third-order valence-electron chi connectivity index (χ3n) is 4.69. The van der Waals surface area contributed by atoms with Crippen LogP contribution in [0.2, 0.25) is 0 Å². The fourth-order valence-corrected chi connectivity index (χ4v) is 4.40. The maximum Gasteiger partial charge on any atom is 0.524 e. The average molecular weight is 587 g/mol. The molecule has 0 heterocycles. The minimum atomic E-state index is -6.85. The van der Waals surface area contributed by atoms with E-state index in [9.17, 15) is 43.2 Å². The van der Waals surface area contributed by atoms with E-state index >= 15 is 0 Å². The summed E-state index contributed by atoms with van der Waals surface area (Å²) in [7, 11) is -13.7. The Kier molecular flexibility index (Phi) is 19.5. The number of quaternary nitrogens is 1. The van der Waals surface area contributed by atoms with Gasteiger partial charge in [-0.2, -0.15) is 43.2 Å². The van der Waals surface area contributed by atoms with Crippen molar-refractivity contribution in [3.05, 3.63) is 15.3 Å². The molecule has 0 aliphatic heterocycles. The van der Waals surface area contributed by atoms with E-state index in [1.807, 2.05) is 3.63 Å². The average Bonchev–Trinajstić information content (AvgIpc) is 2.70. The topological polar surface area (TPSA) is 144 Å². The Balaban J connectivity index is -0.000000529. The monoisotopic (exact) mass is 586 g/mol. The number of hydrogen-bond donors (Lipinski definition) is 0. The fraction of sp³-hybridized carbons (Fsp3) is 1.00. The van der Waals surface area contributed by atoms with Gasteiger partial charge in [0.25, 0.3) is 0 Å². The van der Waals surface area contributed by atoms with E-state index in [1.54, 1.807) is 0 Å². The summed E-state index contributed by atoms with van der Waals surface area (Å²) < 4.78 is 111. The highest BCUT2D eigenvalue weighted by Crippen LogP contribution is 2.32. The van der Waals surface area contributed by atoms with E-state index in [0.717, 1.165) is 0 Å². The summed E-state index contributed by atoms with van der Waals surface area (Å²) in [6.07, 6.45) is 11.1. The van der Waals surface area contributed by atoms with Crippen LogP contribution in [-0.2, 0) is 23.9 Å². The summed E-state index contributed by atoms with van der Waals surface area (Å²) in [5.41, 5.74) is -12.5. The van der Waals surface area contributed by atoms with Gasteiger partial charge in [0.2, 0.25) is 0 Å². The first-order valence-electron chi connectivity index (χ1n) is 11.2. The summed E-state index contributed by atoms with van der Waals surface area (Å²) in [6, 6.07) is 0. The van der Waals surface area contributed by atoms with Gasteiger partial charge in [0, 0.05) is 0 Å². The molecular formula is C18H36F6N2O8S2. The lowest BCUT2D eigenvalue weighted by Crippen LogP contribution is -2.50. The van der Waals surface area contributed by atoms with Gasteiger partial charge >= 0.3 is 31.3 Å². The molecule has 0 N–H and O–H groups in total. The predicted molar refractivity (Wildman–Crippen MR) is 121 cm³/mol. The van der Waals surface area contributed by atoms with E-state index in [4.69, 9.17) is 15.3 Å². The van der Waals surface area contributed by atoms with Crippen molar-refractivity contribution in [3.63, 3.8) is 0 Å². The van der Waals surface area contributed by atoms with Gasteiger partial charge in [0.05, 0.1) is 31.3 Å². The van der Waals surface area contributed by atoms with Crippen LogP contribution in [0.1, 0.15) is 79.1 Å². The van der Waals surface area contributed by atoms with E-state index < -0.39 is 36.3 Å². The third kappa shape index (κ3) is 17.9. The van der Waals surface area contributed by atoms with E-state index in [2.05, 4.69) is 27.7 Å². The standard InChI is InChI=1S/C16H36N.C2F6O5S2.NO3/c1-5-9-13-17(14-10-6-2,15-11-7-3)16-12-8-4;3-1(4,5)14(9,10)13-15(11,12)2(6,7)8;2-1(3)4/h5-16H2,1-4H3;;/q+1;;-1. The van der Waals surface area contributed by atoms with E-state index in [0.29, 0.717) is 0 Å². The highest BCUT2D eigenvalue weighted by Gasteiger charge is 2.57.